The summed E-state index contributed by atoms with van der Waals surface area (Å²) in [4.78, 5) is 39.8. The summed E-state index contributed by atoms with van der Waals surface area (Å²) >= 11 is 0. The van der Waals surface area contributed by atoms with Crippen LogP contribution < -0.4 is 10.3 Å². The predicted octanol–water partition coefficient (Wildman–Crippen LogP) is 3.25. The molecular weight excluding hydrogens is 404 g/mol. The molecule has 2 saturated carbocycles. The highest BCUT2D eigenvalue weighted by Crippen LogP contribution is 2.30. The molecule has 3 amide bonds. The molecule has 1 N–H and O–H groups in total. The van der Waals surface area contributed by atoms with Gasteiger partial charge in [-0.3, -0.25) is 14.4 Å². The summed E-state index contributed by atoms with van der Waals surface area (Å²) < 4.78 is 0. The van der Waals surface area contributed by atoms with Gasteiger partial charge in [-0.05, 0) is 55.5 Å². The normalized spacial score (nSPS) is 18.2. The Morgan fingerprint density at radius 3 is 2.34 bits per heavy atom. The van der Waals surface area contributed by atoms with E-state index in [0.717, 1.165) is 31.2 Å². The average Bonchev–Trinajstić information content (AvgIpc) is 3.74. The molecule has 3 aliphatic rings. The number of hydrogen-bond acceptors (Lipinski definition) is 4. The Kier molecular flexibility index (Phi) is 5.47. The average molecular weight is 431 g/mol. The Balaban J connectivity index is 1.31. The summed E-state index contributed by atoms with van der Waals surface area (Å²) in [7, 11) is 0. The topological polar surface area (TPSA) is 82.1 Å². The molecule has 0 aromatic heterocycles. The molecule has 5 rings (SSSR count). The van der Waals surface area contributed by atoms with E-state index in [1.807, 2.05) is 59.5 Å². The van der Waals surface area contributed by atoms with Gasteiger partial charge in [0.1, 0.15) is 5.71 Å². The number of rotatable bonds is 7. The van der Waals surface area contributed by atoms with Crippen molar-refractivity contribution in [2.75, 3.05) is 5.01 Å². The number of nitrogens with one attached hydrogen (secondary N) is 1. The van der Waals surface area contributed by atoms with Crippen LogP contribution in [0.15, 0.2) is 59.7 Å². The second-order valence-electron chi connectivity index (χ2n) is 8.70. The SMILES string of the molecule is O=C(NC1CC1)c1ccc(CN(C(=O)C2=NN(c3ccccc3)C(=O)CC2)C2CC2)cc1. The van der Waals surface area contributed by atoms with Gasteiger partial charge in [-0.1, -0.05) is 30.3 Å². The van der Waals surface area contributed by atoms with Gasteiger partial charge in [-0.25, -0.2) is 5.01 Å². The van der Waals surface area contributed by atoms with Crippen molar-refractivity contribution in [3.8, 4) is 0 Å². The maximum atomic E-state index is 13.4. The molecule has 0 unspecified atom stereocenters. The van der Waals surface area contributed by atoms with Crippen molar-refractivity contribution in [2.45, 2.75) is 57.2 Å². The zero-order valence-electron chi connectivity index (χ0n) is 17.9. The number of hydrogen-bond donors (Lipinski definition) is 1. The van der Waals surface area contributed by atoms with E-state index in [1.165, 1.54) is 5.01 Å². The van der Waals surface area contributed by atoms with Crippen LogP contribution in [0, 0.1) is 0 Å². The third kappa shape index (κ3) is 4.56. The first-order chi connectivity index (χ1) is 15.6. The molecule has 0 spiro atoms. The lowest BCUT2D eigenvalue weighted by molar-refractivity contribution is -0.125. The van der Waals surface area contributed by atoms with E-state index in [0.29, 0.717) is 36.0 Å². The highest BCUT2D eigenvalue weighted by Gasteiger charge is 2.36. The van der Waals surface area contributed by atoms with Crippen LogP contribution in [0.5, 0.6) is 0 Å². The van der Waals surface area contributed by atoms with Crippen LogP contribution in [0.3, 0.4) is 0 Å². The van der Waals surface area contributed by atoms with Crippen LogP contribution in [0.2, 0.25) is 0 Å². The number of anilines is 1. The van der Waals surface area contributed by atoms with E-state index in [1.54, 1.807) is 0 Å². The van der Waals surface area contributed by atoms with E-state index in [4.69, 9.17) is 0 Å². The summed E-state index contributed by atoms with van der Waals surface area (Å²) in [6, 6.07) is 17.2. The lowest BCUT2D eigenvalue weighted by Gasteiger charge is -2.27. The van der Waals surface area contributed by atoms with Gasteiger partial charge in [-0.15, -0.1) is 0 Å². The molecule has 2 aromatic carbocycles. The van der Waals surface area contributed by atoms with Crippen LogP contribution in [0.4, 0.5) is 5.69 Å². The Morgan fingerprint density at radius 1 is 0.969 bits per heavy atom. The first-order valence-corrected chi connectivity index (χ1v) is 11.2. The number of nitrogens with zero attached hydrogens (tertiary/aromatic N) is 3. The quantitative estimate of drug-likeness (QED) is 0.732. The second kappa shape index (κ2) is 8.57. The number of carbonyl (C=O) groups is 3. The van der Waals surface area contributed by atoms with E-state index >= 15 is 0 Å². The van der Waals surface area contributed by atoms with Crippen LogP contribution >= 0.6 is 0 Å². The molecule has 1 aliphatic heterocycles. The third-order valence-corrected chi connectivity index (χ3v) is 6.01. The van der Waals surface area contributed by atoms with Gasteiger partial charge in [0.15, 0.2) is 0 Å². The minimum Gasteiger partial charge on any atom is -0.349 e. The summed E-state index contributed by atoms with van der Waals surface area (Å²) in [6.07, 6.45) is 4.68. The molecule has 32 heavy (non-hydrogen) atoms. The second-order valence-corrected chi connectivity index (χ2v) is 8.70. The van der Waals surface area contributed by atoms with Gasteiger partial charge < -0.3 is 10.2 Å². The van der Waals surface area contributed by atoms with Crippen molar-refractivity contribution in [1.82, 2.24) is 10.2 Å². The molecule has 2 aliphatic carbocycles. The minimum atomic E-state index is -0.114. The number of para-hydroxylation sites is 1. The first-order valence-electron chi connectivity index (χ1n) is 11.2. The van der Waals surface area contributed by atoms with Crippen LogP contribution in [0.25, 0.3) is 0 Å². The minimum absolute atomic E-state index is 0.0450. The highest BCUT2D eigenvalue weighted by atomic mass is 16.2. The van der Waals surface area contributed by atoms with Gasteiger partial charge in [0.2, 0.25) is 5.91 Å². The van der Waals surface area contributed by atoms with Crippen molar-refractivity contribution in [2.24, 2.45) is 5.10 Å². The van der Waals surface area contributed by atoms with Crippen LogP contribution in [-0.2, 0) is 16.1 Å². The van der Waals surface area contributed by atoms with Crippen molar-refractivity contribution in [1.29, 1.82) is 0 Å². The summed E-state index contributed by atoms with van der Waals surface area (Å²) in [5.74, 6) is -0.265. The Bertz CT molecular complexity index is 1060. The molecule has 1 heterocycles. The molecule has 2 aromatic rings. The van der Waals surface area contributed by atoms with Gasteiger partial charge in [0.05, 0.1) is 5.69 Å². The summed E-state index contributed by atoms with van der Waals surface area (Å²) in [6.45, 7) is 0.465. The number of carbonyl (C=O) groups excluding carboxylic acids is 3. The number of amides is 3. The molecule has 0 saturated heterocycles. The van der Waals surface area contributed by atoms with Crippen LogP contribution in [-0.4, -0.2) is 40.4 Å². The molecule has 0 atom stereocenters. The largest absolute Gasteiger partial charge is 0.349 e. The Labute approximate surface area is 187 Å². The van der Waals surface area contributed by atoms with E-state index in [2.05, 4.69) is 10.4 Å². The molecule has 164 valence electrons. The van der Waals surface area contributed by atoms with E-state index in [9.17, 15) is 14.4 Å². The number of benzene rings is 2. The van der Waals surface area contributed by atoms with Crippen molar-refractivity contribution in [3.05, 3.63) is 65.7 Å². The lowest BCUT2D eigenvalue weighted by Crippen LogP contribution is -2.42. The molecular formula is C25H26N4O3. The molecule has 2 fully saturated rings. The molecule has 7 heteroatoms. The smallest absolute Gasteiger partial charge is 0.270 e. The Morgan fingerprint density at radius 2 is 1.69 bits per heavy atom. The highest BCUT2D eigenvalue weighted by molar-refractivity contribution is 6.40. The molecule has 7 nitrogen and oxygen atoms in total. The molecule has 0 radical (unpaired) electrons. The number of hydrazone groups is 1. The fourth-order valence-electron chi connectivity index (χ4n) is 3.85. The fraction of sp³-hybridized carbons (Fsp3) is 0.360. The van der Waals surface area contributed by atoms with Gasteiger partial charge in [0, 0.05) is 37.0 Å². The summed E-state index contributed by atoms with van der Waals surface area (Å²) in [5, 5.41) is 8.76. The predicted molar refractivity (Wildman–Crippen MR) is 121 cm³/mol. The molecule has 0 bridgehead atoms. The third-order valence-electron chi connectivity index (χ3n) is 6.01. The lowest BCUT2D eigenvalue weighted by atomic mass is 10.1. The van der Waals surface area contributed by atoms with Gasteiger partial charge in [0.25, 0.3) is 11.8 Å². The van der Waals surface area contributed by atoms with E-state index < -0.39 is 0 Å². The van der Waals surface area contributed by atoms with E-state index in [-0.39, 0.29) is 30.2 Å². The van der Waals surface area contributed by atoms with Crippen molar-refractivity contribution >= 4 is 29.1 Å². The zero-order valence-corrected chi connectivity index (χ0v) is 17.9. The zero-order chi connectivity index (χ0) is 22.1. The van der Waals surface area contributed by atoms with Gasteiger partial charge >= 0.3 is 0 Å². The van der Waals surface area contributed by atoms with Crippen molar-refractivity contribution in [3.63, 3.8) is 0 Å². The maximum absolute atomic E-state index is 13.4. The standard InChI is InChI=1S/C25H26N4O3/c30-23-15-14-22(27-29(23)21-4-2-1-3-5-21)25(32)28(20-12-13-20)16-17-6-8-18(9-7-17)24(31)26-19-10-11-19/h1-9,19-20H,10-16H2,(H,26,31). The summed E-state index contributed by atoms with van der Waals surface area (Å²) in [5.41, 5.74) is 2.69. The first kappa shape index (κ1) is 20.4. The van der Waals surface area contributed by atoms with Crippen LogP contribution in [0.1, 0.15) is 54.4 Å². The monoisotopic (exact) mass is 430 g/mol. The fourth-order valence-corrected chi connectivity index (χ4v) is 3.85. The van der Waals surface area contributed by atoms with Crippen molar-refractivity contribution < 1.29 is 14.4 Å². The van der Waals surface area contributed by atoms with Gasteiger partial charge in [-0.2, -0.15) is 5.10 Å². The Hall–Kier alpha value is -3.48. The maximum Gasteiger partial charge on any atom is 0.270 e.